The molecule has 1 atom stereocenters. The van der Waals surface area contributed by atoms with E-state index in [1.165, 1.54) is 6.92 Å². The zero-order valence-electron chi connectivity index (χ0n) is 12.9. The highest BCUT2D eigenvalue weighted by molar-refractivity contribution is 5.95. The Hall–Kier alpha value is -2.37. The van der Waals surface area contributed by atoms with Crippen LogP contribution in [0.4, 0.5) is 5.69 Å². The van der Waals surface area contributed by atoms with Gasteiger partial charge in [0, 0.05) is 32.1 Å². The summed E-state index contributed by atoms with van der Waals surface area (Å²) in [5.41, 5.74) is 1.84. The van der Waals surface area contributed by atoms with Crippen LogP contribution in [0.1, 0.15) is 32.3 Å². The Kier molecular flexibility index (Phi) is 5.14. The summed E-state index contributed by atoms with van der Waals surface area (Å²) >= 11 is 0. The van der Waals surface area contributed by atoms with Crippen LogP contribution in [0.2, 0.25) is 0 Å². The van der Waals surface area contributed by atoms with E-state index in [-0.39, 0.29) is 17.7 Å². The molecule has 0 bridgehead atoms. The maximum absolute atomic E-state index is 11.8. The van der Waals surface area contributed by atoms with E-state index in [2.05, 4.69) is 10.6 Å². The molecule has 1 aliphatic rings. The second-order valence-corrected chi connectivity index (χ2v) is 5.46. The van der Waals surface area contributed by atoms with Gasteiger partial charge in [-0.1, -0.05) is 12.1 Å². The first-order chi connectivity index (χ1) is 10.5. The van der Waals surface area contributed by atoms with Gasteiger partial charge < -0.3 is 15.5 Å². The first-order valence-electron chi connectivity index (χ1n) is 7.41. The number of anilines is 1. The van der Waals surface area contributed by atoms with Crippen LogP contribution in [-0.2, 0) is 20.9 Å². The van der Waals surface area contributed by atoms with Gasteiger partial charge in [0.15, 0.2) is 0 Å². The summed E-state index contributed by atoms with van der Waals surface area (Å²) in [6.45, 7) is 4.17. The predicted octanol–water partition coefficient (Wildman–Crippen LogP) is 0.954. The molecule has 2 rings (SSSR count). The smallest absolute Gasteiger partial charge is 0.242 e. The largest absolute Gasteiger partial charge is 0.350 e. The number of hydrogen-bond donors (Lipinski definition) is 2. The molecule has 3 amide bonds. The van der Waals surface area contributed by atoms with Gasteiger partial charge in [0.1, 0.15) is 6.04 Å². The highest BCUT2D eigenvalue weighted by Gasteiger charge is 2.21. The van der Waals surface area contributed by atoms with E-state index in [0.29, 0.717) is 13.0 Å². The quantitative estimate of drug-likeness (QED) is 0.850. The average Bonchev–Trinajstić information content (AvgIpc) is 2.90. The van der Waals surface area contributed by atoms with Crippen LogP contribution in [0.3, 0.4) is 0 Å². The van der Waals surface area contributed by atoms with Gasteiger partial charge >= 0.3 is 0 Å². The molecule has 6 nitrogen and oxygen atoms in total. The third-order valence-corrected chi connectivity index (χ3v) is 3.60. The highest BCUT2D eigenvalue weighted by Crippen LogP contribution is 2.21. The molecule has 1 heterocycles. The molecular formula is C16H21N3O3. The second-order valence-electron chi connectivity index (χ2n) is 5.46. The van der Waals surface area contributed by atoms with E-state index in [1.807, 2.05) is 24.3 Å². The van der Waals surface area contributed by atoms with Gasteiger partial charge in [-0.05, 0) is 31.0 Å². The van der Waals surface area contributed by atoms with Gasteiger partial charge in [0.05, 0.1) is 0 Å². The Balaban J connectivity index is 1.87. The third-order valence-electron chi connectivity index (χ3n) is 3.60. The SMILES string of the molecule is CC(=O)NC(C)C(=O)NCc1ccc(N2CCCC2=O)cc1. The standard InChI is InChI=1S/C16H21N3O3/c1-11(18-12(2)20)16(22)17-10-13-5-7-14(8-6-13)19-9-3-4-15(19)21/h5-8,11H,3-4,9-10H2,1-2H3,(H,17,22)(H,18,20). The number of carbonyl (C=O) groups excluding carboxylic acids is 3. The number of hydrogen-bond acceptors (Lipinski definition) is 3. The van der Waals surface area contributed by atoms with Crippen LogP contribution in [0.5, 0.6) is 0 Å². The van der Waals surface area contributed by atoms with E-state index in [0.717, 1.165) is 24.2 Å². The molecule has 118 valence electrons. The van der Waals surface area contributed by atoms with Gasteiger partial charge in [-0.2, -0.15) is 0 Å². The van der Waals surface area contributed by atoms with E-state index in [4.69, 9.17) is 0 Å². The number of carbonyl (C=O) groups is 3. The van der Waals surface area contributed by atoms with Crippen molar-refractivity contribution >= 4 is 23.4 Å². The Morgan fingerprint density at radius 2 is 1.95 bits per heavy atom. The predicted molar refractivity (Wildman–Crippen MR) is 83.2 cm³/mol. The molecule has 1 aromatic carbocycles. The molecule has 1 aliphatic heterocycles. The minimum Gasteiger partial charge on any atom is -0.350 e. The van der Waals surface area contributed by atoms with Crippen molar-refractivity contribution in [3.05, 3.63) is 29.8 Å². The summed E-state index contributed by atoms with van der Waals surface area (Å²) in [6, 6.07) is 7.01. The second kappa shape index (κ2) is 7.06. The molecule has 1 aromatic rings. The van der Waals surface area contributed by atoms with Crippen molar-refractivity contribution in [3.8, 4) is 0 Å². The van der Waals surface area contributed by atoms with E-state index in [1.54, 1.807) is 11.8 Å². The molecule has 0 aliphatic carbocycles. The Labute approximate surface area is 129 Å². The monoisotopic (exact) mass is 303 g/mol. The summed E-state index contributed by atoms with van der Waals surface area (Å²) in [6.07, 6.45) is 1.51. The van der Waals surface area contributed by atoms with Crippen LogP contribution in [0, 0.1) is 0 Å². The fourth-order valence-corrected chi connectivity index (χ4v) is 2.43. The van der Waals surface area contributed by atoms with Gasteiger partial charge in [-0.3, -0.25) is 14.4 Å². The van der Waals surface area contributed by atoms with Crippen molar-refractivity contribution < 1.29 is 14.4 Å². The normalized spacial score (nSPS) is 15.5. The number of rotatable bonds is 5. The maximum atomic E-state index is 11.8. The van der Waals surface area contributed by atoms with Crippen molar-refractivity contribution in [2.45, 2.75) is 39.3 Å². The molecule has 0 aromatic heterocycles. The first kappa shape index (κ1) is 16.0. The molecule has 2 N–H and O–H groups in total. The van der Waals surface area contributed by atoms with Crippen LogP contribution >= 0.6 is 0 Å². The summed E-state index contributed by atoms with van der Waals surface area (Å²) in [5, 5.41) is 5.30. The maximum Gasteiger partial charge on any atom is 0.242 e. The lowest BCUT2D eigenvalue weighted by Crippen LogP contribution is -2.43. The zero-order valence-corrected chi connectivity index (χ0v) is 12.9. The summed E-state index contributed by atoms with van der Waals surface area (Å²) in [7, 11) is 0. The lowest BCUT2D eigenvalue weighted by Gasteiger charge is -2.16. The topological polar surface area (TPSA) is 78.5 Å². The molecule has 6 heteroatoms. The summed E-state index contributed by atoms with van der Waals surface area (Å²) in [4.78, 5) is 36.1. The highest BCUT2D eigenvalue weighted by atomic mass is 16.2. The van der Waals surface area contributed by atoms with Crippen molar-refractivity contribution in [1.82, 2.24) is 10.6 Å². The zero-order chi connectivity index (χ0) is 16.1. The van der Waals surface area contributed by atoms with Crippen LogP contribution in [-0.4, -0.2) is 30.3 Å². The van der Waals surface area contributed by atoms with Gasteiger partial charge in [-0.25, -0.2) is 0 Å². The minimum atomic E-state index is -0.556. The van der Waals surface area contributed by atoms with Gasteiger partial charge in [0.2, 0.25) is 17.7 Å². The molecule has 0 saturated carbocycles. The Morgan fingerprint density at radius 1 is 1.27 bits per heavy atom. The van der Waals surface area contributed by atoms with Gasteiger partial charge in [0.25, 0.3) is 0 Å². The van der Waals surface area contributed by atoms with Crippen LogP contribution in [0.15, 0.2) is 24.3 Å². The summed E-state index contributed by atoms with van der Waals surface area (Å²) < 4.78 is 0. The van der Waals surface area contributed by atoms with E-state index in [9.17, 15) is 14.4 Å². The number of nitrogens with zero attached hydrogens (tertiary/aromatic N) is 1. The van der Waals surface area contributed by atoms with Gasteiger partial charge in [-0.15, -0.1) is 0 Å². The third kappa shape index (κ3) is 4.07. The van der Waals surface area contributed by atoms with Crippen LogP contribution < -0.4 is 15.5 Å². The molecule has 0 radical (unpaired) electrons. The van der Waals surface area contributed by atoms with E-state index < -0.39 is 6.04 Å². The van der Waals surface area contributed by atoms with Crippen molar-refractivity contribution in [1.29, 1.82) is 0 Å². The molecule has 1 unspecified atom stereocenters. The lowest BCUT2D eigenvalue weighted by atomic mass is 10.2. The van der Waals surface area contributed by atoms with Crippen molar-refractivity contribution in [3.63, 3.8) is 0 Å². The number of amides is 3. The Morgan fingerprint density at radius 3 is 2.50 bits per heavy atom. The first-order valence-corrected chi connectivity index (χ1v) is 7.41. The molecule has 22 heavy (non-hydrogen) atoms. The minimum absolute atomic E-state index is 0.158. The number of nitrogens with one attached hydrogen (secondary N) is 2. The molecular weight excluding hydrogens is 282 g/mol. The summed E-state index contributed by atoms with van der Waals surface area (Å²) in [5.74, 6) is -0.304. The van der Waals surface area contributed by atoms with Crippen molar-refractivity contribution in [2.75, 3.05) is 11.4 Å². The molecule has 0 spiro atoms. The van der Waals surface area contributed by atoms with Crippen LogP contribution in [0.25, 0.3) is 0 Å². The fourth-order valence-electron chi connectivity index (χ4n) is 2.43. The average molecular weight is 303 g/mol. The molecule has 1 fully saturated rings. The van der Waals surface area contributed by atoms with Crippen molar-refractivity contribution in [2.24, 2.45) is 0 Å². The number of benzene rings is 1. The Bertz CT molecular complexity index is 569. The van der Waals surface area contributed by atoms with E-state index >= 15 is 0 Å². The molecule has 1 saturated heterocycles. The lowest BCUT2D eigenvalue weighted by molar-refractivity contribution is -0.127. The fraction of sp³-hybridized carbons (Fsp3) is 0.438.